The van der Waals surface area contributed by atoms with Crippen molar-refractivity contribution in [2.24, 2.45) is 5.73 Å². The number of nitrogens with two attached hydrogens (primary N) is 1. The van der Waals surface area contributed by atoms with E-state index in [0.717, 1.165) is 24.4 Å². The number of hydrogen-bond donors (Lipinski definition) is 1. The second-order valence-corrected chi connectivity index (χ2v) is 6.40. The minimum absolute atomic E-state index is 0.0245. The van der Waals surface area contributed by atoms with Gasteiger partial charge in [-0.15, -0.1) is 0 Å². The summed E-state index contributed by atoms with van der Waals surface area (Å²) in [6.45, 7) is 5.93. The zero-order chi connectivity index (χ0) is 13.2. The largest absolute Gasteiger partial charge is 0.364 e. The molecule has 2 N–H and O–H groups in total. The highest BCUT2D eigenvalue weighted by molar-refractivity contribution is 8.00. The van der Waals surface area contributed by atoms with Crippen LogP contribution in [0.4, 0.5) is 10.1 Å². The summed E-state index contributed by atoms with van der Waals surface area (Å²) in [5.41, 5.74) is 7.14. The van der Waals surface area contributed by atoms with Crippen molar-refractivity contribution in [3.8, 4) is 0 Å². The summed E-state index contributed by atoms with van der Waals surface area (Å²) in [5.74, 6) is 0.862. The molecule has 100 valence electrons. The number of nitrogens with zero attached hydrogens (tertiary/aromatic N) is 1. The molecule has 1 aromatic carbocycles. The molecular weight excluding hydrogens is 247 g/mol. The molecule has 2 rings (SSSR count). The smallest absolute Gasteiger partial charge is 0.123 e. The lowest BCUT2D eigenvalue weighted by atomic mass is 9.93. The average molecular weight is 268 g/mol. The van der Waals surface area contributed by atoms with Gasteiger partial charge in [-0.2, -0.15) is 11.8 Å². The van der Waals surface area contributed by atoms with Crippen molar-refractivity contribution in [3.05, 3.63) is 30.1 Å². The lowest BCUT2D eigenvalue weighted by Crippen LogP contribution is -2.54. The molecule has 1 saturated heterocycles. The fraction of sp³-hybridized carbons (Fsp3) is 0.571. The van der Waals surface area contributed by atoms with E-state index in [2.05, 4.69) is 18.7 Å². The van der Waals surface area contributed by atoms with Gasteiger partial charge >= 0.3 is 0 Å². The van der Waals surface area contributed by atoms with E-state index in [1.165, 1.54) is 12.1 Å². The summed E-state index contributed by atoms with van der Waals surface area (Å²) in [4.78, 5) is 2.34. The third kappa shape index (κ3) is 2.50. The molecule has 1 heterocycles. The highest BCUT2D eigenvalue weighted by atomic mass is 32.2. The van der Waals surface area contributed by atoms with Gasteiger partial charge in [0.25, 0.3) is 0 Å². The molecule has 0 saturated carbocycles. The van der Waals surface area contributed by atoms with E-state index < -0.39 is 0 Å². The number of rotatable bonds is 4. The van der Waals surface area contributed by atoms with Gasteiger partial charge in [-0.3, -0.25) is 0 Å². The number of benzene rings is 1. The maximum absolute atomic E-state index is 13.0. The molecule has 1 aromatic rings. The second-order valence-electron chi connectivity index (χ2n) is 4.97. The van der Waals surface area contributed by atoms with E-state index in [0.29, 0.717) is 11.8 Å². The Balaban J connectivity index is 2.29. The van der Waals surface area contributed by atoms with Gasteiger partial charge in [0.2, 0.25) is 0 Å². The molecule has 1 aliphatic heterocycles. The van der Waals surface area contributed by atoms with Crippen molar-refractivity contribution < 1.29 is 4.39 Å². The van der Waals surface area contributed by atoms with Gasteiger partial charge in [0.1, 0.15) is 5.82 Å². The minimum Gasteiger partial charge on any atom is -0.364 e. The lowest BCUT2D eigenvalue weighted by molar-refractivity contribution is 0.430. The molecule has 1 aliphatic rings. The summed E-state index contributed by atoms with van der Waals surface area (Å²) in [7, 11) is 0. The Labute approximate surface area is 113 Å². The second kappa shape index (κ2) is 5.49. The minimum atomic E-state index is -0.189. The normalized spacial score (nSPS) is 27.4. The molecule has 18 heavy (non-hydrogen) atoms. The summed E-state index contributed by atoms with van der Waals surface area (Å²) in [6, 6.07) is 6.75. The Morgan fingerprint density at radius 3 is 2.56 bits per heavy atom. The maximum Gasteiger partial charge on any atom is 0.123 e. The van der Waals surface area contributed by atoms with Crippen LogP contribution in [0.5, 0.6) is 0 Å². The van der Waals surface area contributed by atoms with Gasteiger partial charge in [0.05, 0.1) is 5.54 Å². The fourth-order valence-corrected chi connectivity index (χ4v) is 4.22. The number of likely N-dealkylation sites (N-methyl/N-ethyl adjacent to an activating group) is 1. The zero-order valence-corrected chi connectivity index (χ0v) is 11.8. The first-order valence-electron chi connectivity index (χ1n) is 6.46. The third-order valence-electron chi connectivity index (χ3n) is 3.71. The van der Waals surface area contributed by atoms with E-state index in [-0.39, 0.29) is 11.4 Å². The number of thioether (sulfide) groups is 1. The van der Waals surface area contributed by atoms with Crippen LogP contribution in [-0.4, -0.2) is 29.6 Å². The van der Waals surface area contributed by atoms with Crippen molar-refractivity contribution in [2.75, 3.05) is 23.7 Å². The Morgan fingerprint density at radius 2 is 2.11 bits per heavy atom. The van der Waals surface area contributed by atoms with Crippen LogP contribution in [0.15, 0.2) is 24.3 Å². The molecule has 2 unspecified atom stereocenters. The molecule has 0 aromatic heterocycles. The first kappa shape index (κ1) is 13.7. The SMILES string of the molecule is CCN(c1ccc(F)cc1)C1(CN)CSC(C)C1. The Hall–Kier alpha value is -0.740. The summed E-state index contributed by atoms with van der Waals surface area (Å²) >= 11 is 1.97. The highest BCUT2D eigenvalue weighted by Gasteiger charge is 2.41. The van der Waals surface area contributed by atoms with E-state index in [1.807, 2.05) is 23.9 Å². The van der Waals surface area contributed by atoms with E-state index in [1.54, 1.807) is 0 Å². The van der Waals surface area contributed by atoms with Gasteiger partial charge in [0, 0.05) is 29.8 Å². The molecule has 0 bridgehead atoms. The molecule has 2 atom stereocenters. The van der Waals surface area contributed by atoms with Crippen molar-refractivity contribution >= 4 is 17.4 Å². The summed E-state index contributed by atoms with van der Waals surface area (Å²) < 4.78 is 13.0. The molecule has 4 heteroatoms. The molecule has 2 nitrogen and oxygen atoms in total. The molecule has 0 radical (unpaired) electrons. The standard InChI is InChI=1S/C14H21FN2S/c1-3-17(13-6-4-12(15)5-7-13)14(9-16)8-11(2)18-10-14/h4-7,11H,3,8-10,16H2,1-2H3. The third-order valence-corrected chi connectivity index (χ3v) is 5.15. The van der Waals surface area contributed by atoms with Gasteiger partial charge < -0.3 is 10.6 Å². The van der Waals surface area contributed by atoms with Crippen molar-refractivity contribution in [2.45, 2.75) is 31.1 Å². The molecule has 0 spiro atoms. The quantitative estimate of drug-likeness (QED) is 0.910. The fourth-order valence-electron chi connectivity index (χ4n) is 2.80. The van der Waals surface area contributed by atoms with Gasteiger partial charge in [-0.1, -0.05) is 6.92 Å². The van der Waals surface area contributed by atoms with Gasteiger partial charge in [0.15, 0.2) is 0 Å². The van der Waals surface area contributed by atoms with E-state index in [9.17, 15) is 4.39 Å². The first-order valence-corrected chi connectivity index (χ1v) is 7.51. The molecular formula is C14H21FN2S. The van der Waals surface area contributed by atoms with Crippen LogP contribution in [0.3, 0.4) is 0 Å². The van der Waals surface area contributed by atoms with Crippen LogP contribution in [-0.2, 0) is 0 Å². The van der Waals surface area contributed by atoms with Crippen molar-refractivity contribution in [3.63, 3.8) is 0 Å². The number of anilines is 1. The van der Waals surface area contributed by atoms with Crippen LogP contribution in [0.2, 0.25) is 0 Å². The van der Waals surface area contributed by atoms with Crippen LogP contribution in [0, 0.1) is 5.82 Å². The average Bonchev–Trinajstić information content (AvgIpc) is 2.75. The maximum atomic E-state index is 13.0. The number of halogens is 1. The zero-order valence-electron chi connectivity index (χ0n) is 11.0. The van der Waals surface area contributed by atoms with Crippen LogP contribution < -0.4 is 10.6 Å². The molecule has 0 aliphatic carbocycles. The van der Waals surface area contributed by atoms with Crippen molar-refractivity contribution in [1.82, 2.24) is 0 Å². The molecule has 0 amide bonds. The van der Waals surface area contributed by atoms with E-state index in [4.69, 9.17) is 5.73 Å². The monoisotopic (exact) mass is 268 g/mol. The predicted molar refractivity (Wildman–Crippen MR) is 77.7 cm³/mol. The summed E-state index contributed by atoms with van der Waals surface area (Å²) in [6.07, 6.45) is 1.10. The summed E-state index contributed by atoms with van der Waals surface area (Å²) in [5, 5.41) is 0.642. The van der Waals surface area contributed by atoms with Gasteiger partial charge in [-0.25, -0.2) is 4.39 Å². The first-order chi connectivity index (χ1) is 8.61. The van der Waals surface area contributed by atoms with Crippen molar-refractivity contribution in [1.29, 1.82) is 0 Å². The molecule has 1 fully saturated rings. The van der Waals surface area contributed by atoms with Crippen LogP contribution >= 0.6 is 11.8 Å². The van der Waals surface area contributed by atoms with Gasteiger partial charge in [-0.05, 0) is 37.6 Å². The topological polar surface area (TPSA) is 29.3 Å². The van der Waals surface area contributed by atoms with Crippen LogP contribution in [0.1, 0.15) is 20.3 Å². The Bertz CT molecular complexity index is 395. The highest BCUT2D eigenvalue weighted by Crippen LogP contribution is 2.40. The number of hydrogen-bond acceptors (Lipinski definition) is 3. The Kier molecular flexibility index (Phi) is 4.17. The lowest BCUT2D eigenvalue weighted by Gasteiger charge is -2.41. The predicted octanol–water partition coefficient (Wildman–Crippen LogP) is 2.87. The van der Waals surface area contributed by atoms with Crippen LogP contribution in [0.25, 0.3) is 0 Å². The van der Waals surface area contributed by atoms with E-state index >= 15 is 0 Å². The Morgan fingerprint density at radius 1 is 1.44 bits per heavy atom.